The molecule has 0 N–H and O–H groups in total. The fourth-order valence-corrected chi connectivity index (χ4v) is 9.87. The van der Waals surface area contributed by atoms with E-state index in [1.54, 1.807) is 0 Å². The molecular weight excluding hydrogens is 677 g/mol. The molecule has 10 aromatic rings. The van der Waals surface area contributed by atoms with Gasteiger partial charge in [-0.2, -0.15) is 0 Å². The van der Waals surface area contributed by atoms with Crippen molar-refractivity contribution in [3.05, 3.63) is 229 Å². The third-order valence-corrected chi connectivity index (χ3v) is 12.3. The molecule has 2 aliphatic rings. The van der Waals surface area contributed by atoms with E-state index in [9.17, 15) is 0 Å². The maximum absolute atomic E-state index is 6.53. The van der Waals surface area contributed by atoms with Crippen LogP contribution in [-0.2, 0) is 5.41 Å². The molecule has 0 radical (unpaired) electrons. The zero-order valence-corrected chi connectivity index (χ0v) is 30.5. The predicted octanol–water partition coefficient (Wildman–Crippen LogP) is 14.6. The summed E-state index contributed by atoms with van der Waals surface area (Å²) in [6.45, 7) is 0. The Kier molecular flexibility index (Phi) is 6.62. The second kappa shape index (κ2) is 11.9. The third-order valence-electron chi connectivity index (χ3n) is 12.3. The summed E-state index contributed by atoms with van der Waals surface area (Å²) < 4.78 is 6.53. The van der Waals surface area contributed by atoms with Gasteiger partial charge in [0, 0.05) is 10.9 Å². The van der Waals surface area contributed by atoms with Gasteiger partial charge < -0.3 is 4.74 Å². The first-order valence-electron chi connectivity index (χ1n) is 19.4. The molecule has 1 aliphatic heterocycles. The lowest BCUT2D eigenvalue weighted by atomic mass is 9.66. The molecule has 0 saturated heterocycles. The number of hydrogen-bond acceptors (Lipinski definition) is 1. The van der Waals surface area contributed by atoms with Crippen LogP contribution in [0.4, 0.5) is 0 Å². The quantitative estimate of drug-likeness (QED) is 0.177. The maximum atomic E-state index is 6.53. The highest BCUT2D eigenvalue weighted by molar-refractivity contribution is 6.08. The van der Waals surface area contributed by atoms with Crippen molar-refractivity contribution in [3.63, 3.8) is 0 Å². The van der Waals surface area contributed by atoms with Crippen LogP contribution < -0.4 is 4.74 Å². The summed E-state index contributed by atoms with van der Waals surface area (Å²) in [6.07, 6.45) is 0. The molecule has 1 nitrogen and oxygen atoms in total. The SMILES string of the molecule is c1ccc(C2(c3ccccc3)c3cc(-c4ccc5c(c4)-c4cccc6cccc(c46)O5)ccc3-c3c(-c4ccc5ccccc5c4)cc4ccccc4c32)cc1. The lowest BCUT2D eigenvalue weighted by molar-refractivity contribution is 0.487. The van der Waals surface area contributed by atoms with E-state index in [-0.39, 0.29) is 0 Å². The van der Waals surface area contributed by atoms with Gasteiger partial charge in [0.1, 0.15) is 11.5 Å². The second-order valence-corrected chi connectivity index (χ2v) is 15.2. The number of rotatable bonds is 4. The van der Waals surface area contributed by atoms with Crippen LogP contribution in [0.1, 0.15) is 22.3 Å². The fraction of sp³-hybridized carbons (Fsp3) is 0.0182. The van der Waals surface area contributed by atoms with E-state index < -0.39 is 5.41 Å². The standard InChI is InChI=1S/C55H34O/c1-3-18-42(19-4-1)55(43-20-5-2-6-21-43)49-34-39(38-28-30-50-48(32-38)45-23-11-16-36-17-12-24-51(56-50)52(36)45)27-29-46(49)53-47(33-40-15-9-10-22-44(40)54(53)55)41-26-25-35-13-7-8-14-37(35)31-41/h1-34H. The van der Waals surface area contributed by atoms with Gasteiger partial charge in [-0.3, -0.25) is 0 Å². The molecule has 1 heteroatoms. The monoisotopic (exact) mass is 710 g/mol. The lowest BCUT2D eigenvalue weighted by Crippen LogP contribution is -2.29. The molecule has 0 bridgehead atoms. The minimum absolute atomic E-state index is 0.586. The number of ether oxygens (including phenoxy) is 1. The van der Waals surface area contributed by atoms with Crippen molar-refractivity contribution >= 4 is 32.3 Å². The zero-order chi connectivity index (χ0) is 36.8. The highest BCUT2D eigenvalue weighted by atomic mass is 16.5. The molecule has 1 aliphatic carbocycles. The second-order valence-electron chi connectivity index (χ2n) is 15.2. The zero-order valence-electron chi connectivity index (χ0n) is 30.5. The van der Waals surface area contributed by atoms with E-state index in [0.29, 0.717) is 0 Å². The molecule has 0 atom stereocenters. The number of benzene rings is 10. The summed E-state index contributed by atoms with van der Waals surface area (Å²) >= 11 is 0. The largest absolute Gasteiger partial charge is 0.456 e. The smallest absolute Gasteiger partial charge is 0.135 e. The van der Waals surface area contributed by atoms with E-state index in [1.165, 1.54) is 88.0 Å². The average Bonchev–Trinajstić information content (AvgIpc) is 3.58. The predicted molar refractivity (Wildman–Crippen MR) is 233 cm³/mol. The van der Waals surface area contributed by atoms with Gasteiger partial charge in [-0.25, -0.2) is 0 Å². The summed E-state index contributed by atoms with van der Waals surface area (Å²) in [4.78, 5) is 0. The van der Waals surface area contributed by atoms with Crippen molar-refractivity contribution in [3.8, 4) is 56.0 Å². The van der Waals surface area contributed by atoms with E-state index in [4.69, 9.17) is 4.74 Å². The molecule has 0 unspecified atom stereocenters. The Morgan fingerprint density at radius 1 is 0.339 bits per heavy atom. The first-order valence-corrected chi connectivity index (χ1v) is 19.4. The molecule has 1 heterocycles. The Labute approximate surface area is 325 Å². The van der Waals surface area contributed by atoms with Crippen LogP contribution in [0.25, 0.3) is 76.8 Å². The molecule has 56 heavy (non-hydrogen) atoms. The van der Waals surface area contributed by atoms with Crippen molar-refractivity contribution in [1.29, 1.82) is 0 Å². The highest BCUT2D eigenvalue weighted by Gasteiger charge is 2.48. The Morgan fingerprint density at radius 2 is 0.982 bits per heavy atom. The molecule has 0 spiro atoms. The van der Waals surface area contributed by atoms with Crippen molar-refractivity contribution in [2.24, 2.45) is 0 Å². The van der Waals surface area contributed by atoms with E-state index in [1.807, 2.05) is 0 Å². The summed E-state index contributed by atoms with van der Waals surface area (Å²) in [5.74, 6) is 1.81. The van der Waals surface area contributed by atoms with Gasteiger partial charge in [0.15, 0.2) is 0 Å². The van der Waals surface area contributed by atoms with Crippen LogP contribution in [0, 0.1) is 0 Å². The molecule has 0 aromatic heterocycles. The van der Waals surface area contributed by atoms with Gasteiger partial charge in [-0.1, -0.05) is 170 Å². The van der Waals surface area contributed by atoms with E-state index >= 15 is 0 Å². The normalized spacial score (nSPS) is 13.3. The van der Waals surface area contributed by atoms with Gasteiger partial charge >= 0.3 is 0 Å². The van der Waals surface area contributed by atoms with Crippen molar-refractivity contribution in [1.82, 2.24) is 0 Å². The Balaban J connectivity index is 1.18. The van der Waals surface area contributed by atoms with Gasteiger partial charge in [0.2, 0.25) is 0 Å². The van der Waals surface area contributed by atoms with Crippen LogP contribution >= 0.6 is 0 Å². The first kappa shape index (κ1) is 31.2. The van der Waals surface area contributed by atoms with Gasteiger partial charge in [0.25, 0.3) is 0 Å². The van der Waals surface area contributed by atoms with Crippen LogP contribution in [0.5, 0.6) is 11.5 Å². The van der Waals surface area contributed by atoms with Crippen LogP contribution in [0.3, 0.4) is 0 Å². The van der Waals surface area contributed by atoms with Gasteiger partial charge in [-0.15, -0.1) is 0 Å². The minimum Gasteiger partial charge on any atom is -0.456 e. The van der Waals surface area contributed by atoms with E-state index in [2.05, 4.69) is 206 Å². The number of hydrogen-bond donors (Lipinski definition) is 0. The molecule has 260 valence electrons. The van der Waals surface area contributed by atoms with E-state index in [0.717, 1.165) is 22.6 Å². The third kappa shape index (κ3) is 4.37. The summed E-state index contributed by atoms with van der Waals surface area (Å²) in [5.41, 5.74) is 14.3. The fourth-order valence-electron chi connectivity index (χ4n) is 9.87. The summed E-state index contributed by atoms with van der Waals surface area (Å²) in [6, 6.07) is 76.1. The van der Waals surface area contributed by atoms with Gasteiger partial charge in [0.05, 0.1) is 5.41 Å². The van der Waals surface area contributed by atoms with Crippen molar-refractivity contribution in [2.45, 2.75) is 5.41 Å². The van der Waals surface area contributed by atoms with Gasteiger partial charge in [-0.05, 0) is 125 Å². The minimum atomic E-state index is -0.586. The first-order chi connectivity index (χ1) is 27.8. The topological polar surface area (TPSA) is 9.23 Å². The molecular formula is C55H34O. The molecule has 10 aromatic carbocycles. The van der Waals surface area contributed by atoms with Crippen LogP contribution in [0.15, 0.2) is 206 Å². The number of fused-ring (bicyclic) bond motifs is 8. The highest BCUT2D eigenvalue weighted by Crippen LogP contribution is 2.61. The Hall–Kier alpha value is -7.22. The summed E-state index contributed by atoms with van der Waals surface area (Å²) in [7, 11) is 0. The van der Waals surface area contributed by atoms with Crippen molar-refractivity contribution < 1.29 is 4.74 Å². The Morgan fingerprint density at radius 3 is 1.79 bits per heavy atom. The summed E-state index contributed by atoms with van der Waals surface area (Å²) in [5, 5.41) is 7.36. The maximum Gasteiger partial charge on any atom is 0.135 e. The molecule has 0 amide bonds. The molecule has 12 rings (SSSR count). The Bertz CT molecular complexity index is 3170. The van der Waals surface area contributed by atoms with Crippen molar-refractivity contribution in [2.75, 3.05) is 0 Å². The molecule has 0 saturated carbocycles. The lowest BCUT2D eigenvalue weighted by Gasteiger charge is -2.35. The van der Waals surface area contributed by atoms with Crippen LogP contribution in [0.2, 0.25) is 0 Å². The van der Waals surface area contributed by atoms with Crippen LogP contribution in [-0.4, -0.2) is 0 Å². The molecule has 0 fully saturated rings. The average molecular weight is 711 g/mol.